The maximum Gasteiger partial charge on any atom is 0.310 e. The Morgan fingerprint density at radius 1 is 1.15 bits per heavy atom. The summed E-state index contributed by atoms with van der Waals surface area (Å²) in [5.74, 6) is -0.446. The molecule has 0 saturated carbocycles. The number of esters is 1. The number of carbonyl (C=O) groups is 2. The Bertz CT molecular complexity index is 837. The van der Waals surface area contributed by atoms with E-state index in [1.165, 1.54) is 24.1 Å². The van der Waals surface area contributed by atoms with Gasteiger partial charge < -0.3 is 19.1 Å². The lowest BCUT2D eigenvalue weighted by Gasteiger charge is -2.25. The van der Waals surface area contributed by atoms with Crippen LogP contribution in [0.15, 0.2) is 42.5 Å². The summed E-state index contributed by atoms with van der Waals surface area (Å²) in [7, 11) is 1.31. The summed E-state index contributed by atoms with van der Waals surface area (Å²) in [6, 6.07) is 10.8. The van der Waals surface area contributed by atoms with Crippen LogP contribution in [-0.4, -0.2) is 37.2 Å². The quantitative estimate of drug-likeness (QED) is 0.729. The second kappa shape index (κ2) is 8.07. The molecule has 0 radical (unpaired) electrons. The first-order valence-electron chi connectivity index (χ1n) is 8.49. The molecule has 2 aromatic carbocycles. The largest absolute Gasteiger partial charge is 0.469 e. The van der Waals surface area contributed by atoms with Crippen molar-refractivity contribution in [3.63, 3.8) is 0 Å². The molecule has 1 aliphatic rings. The molecule has 2 aromatic rings. The van der Waals surface area contributed by atoms with Crippen molar-refractivity contribution in [2.75, 3.05) is 20.4 Å². The number of rotatable bonds is 6. The molecule has 0 bridgehead atoms. The van der Waals surface area contributed by atoms with Gasteiger partial charge in [0.2, 0.25) is 6.79 Å². The molecule has 1 atom stereocenters. The van der Waals surface area contributed by atoms with E-state index in [1.54, 1.807) is 37.3 Å². The van der Waals surface area contributed by atoms with E-state index in [9.17, 15) is 14.0 Å². The van der Waals surface area contributed by atoms with Crippen molar-refractivity contribution in [2.45, 2.75) is 13.5 Å². The lowest BCUT2D eigenvalue weighted by Crippen LogP contribution is -2.36. The monoisotopic (exact) mass is 373 g/mol. The van der Waals surface area contributed by atoms with Crippen LogP contribution >= 0.6 is 0 Å². The van der Waals surface area contributed by atoms with Gasteiger partial charge in [0.05, 0.1) is 13.0 Å². The smallest absolute Gasteiger partial charge is 0.310 e. The first-order valence-corrected chi connectivity index (χ1v) is 8.49. The predicted octanol–water partition coefficient (Wildman–Crippen LogP) is 3.01. The molecule has 0 saturated heterocycles. The summed E-state index contributed by atoms with van der Waals surface area (Å²) in [6.07, 6.45) is 0. The Kier molecular flexibility index (Phi) is 5.59. The fourth-order valence-electron chi connectivity index (χ4n) is 2.85. The van der Waals surface area contributed by atoms with E-state index in [4.69, 9.17) is 14.2 Å². The molecule has 3 rings (SSSR count). The molecule has 7 heteroatoms. The highest BCUT2D eigenvalue weighted by molar-refractivity contribution is 5.95. The average molecular weight is 373 g/mol. The van der Waals surface area contributed by atoms with Crippen molar-refractivity contribution in [1.29, 1.82) is 0 Å². The highest BCUT2D eigenvalue weighted by atomic mass is 19.1. The third kappa shape index (κ3) is 4.36. The standard InChI is InChI=1S/C20H20FNO5/c1-13(20(24)25-2)10-22(11-14-3-6-16(21)7-4-14)19(23)15-5-8-17-18(9-15)27-12-26-17/h3-9,13H,10-12H2,1-2H3. The van der Waals surface area contributed by atoms with Crippen molar-refractivity contribution >= 4 is 11.9 Å². The zero-order valence-electron chi connectivity index (χ0n) is 15.1. The number of fused-ring (bicyclic) bond motifs is 1. The second-order valence-corrected chi connectivity index (χ2v) is 6.30. The van der Waals surface area contributed by atoms with Crippen molar-refractivity contribution in [2.24, 2.45) is 5.92 Å². The van der Waals surface area contributed by atoms with Gasteiger partial charge in [-0.3, -0.25) is 9.59 Å². The fraction of sp³-hybridized carbons (Fsp3) is 0.300. The minimum absolute atomic E-state index is 0.117. The Morgan fingerprint density at radius 3 is 2.56 bits per heavy atom. The zero-order valence-corrected chi connectivity index (χ0v) is 15.1. The molecule has 0 aliphatic carbocycles. The number of hydrogen-bond acceptors (Lipinski definition) is 5. The Balaban J connectivity index is 1.84. The van der Waals surface area contributed by atoms with Crippen LogP contribution < -0.4 is 9.47 Å². The molecule has 1 amide bonds. The van der Waals surface area contributed by atoms with Gasteiger partial charge in [0.25, 0.3) is 5.91 Å². The van der Waals surface area contributed by atoms with Gasteiger partial charge in [0, 0.05) is 18.7 Å². The van der Waals surface area contributed by atoms with Crippen molar-refractivity contribution in [3.05, 3.63) is 59.4 Å². The van der Waals surface area contributed by atoms with Crippen LogP contribution in [0.25, 0.3) is 0 Å². The van der Waals surface area contributed by atoms with Crippen molar-refractivity contribution in [3.8, 4) is 11.5 Å². The first kappa shape index (κ1) is 18.7. The van der Waals surface area contributed by atoms with E-state index in [0.717, 1.165) is 5.56 Å². The van der Waals surface area contributed by atoms with Crippen LogP contribution in [0, 0.1) is 11.7 Å². The minimum Gasteiger partial charge on any atom is -0.469 e. The second-order valence-electron chi connectivity index (χ2n) is 6.30. The molecule has 0 fully saturated rings. The van der Waals surface area contributed by atoms with Gasteiger partial charge in [-0.25, -0.2) is 4.39 Å². The maximum atomic E-state index is 13.2. The van der Waals surface area contributed by atoms with E-state index in [2.05, 4.69) is 0 Å². The predicted molar refractivity (Wildman–Crippen MR) is 94.9 cm³/mol. The summed E-state index contributed by atoms with van der Waals surface area (Å²) in [5, 5.41) is 0. The SMILES string of the molecule is COC(=O)C(C)CN(Cc1ccc(F)cc1)C(=O)c1ccc2c(c1)OCO2. The van der Waals surface area contributed by atoms with Crippen LogP contribution in [0.2, 0.25) is 0 Å². The average Bonchev–Trinajstić information content (AvgIpc) is 3.15. The zero-order chi connectivity index (χ0) is 19.4. The van der Waals surface area contributed by atoms with E-state index in [-0.39, 0.29) is 31.6 Å². The first-order chi connectivity index (χ1) is 13.0. The lowest BCUT2D eigenvalue weighted by molar-refractivity contribution is -0.145. The van der Waals surface area contributed by atoms with Gasteiger partial charge in [-0.05, 0) is 35.9 Å². The Hall–Kier alpha value is -3.09. The minimum atomic E-state index is -0.506. The van der Waals surface area contributed by atoms with Crippen LogP contribution in [0.1, 0.15) is 22.8 Å². The van der Waals surface area contributed by atoms with Crippen molar-refractivity contribution in [1.82, 2.24) is 4.90 Å². The number of benzene rings is 2. The van der Waals surface area contributed by atoms with E-state index in [0.29, 0.717) is 17.1 Å². The van der Waals surface area contributed by atoms with Crippen molar-refractivity contribution < 1.29 is 28.2 Å². The van der Waals surface area contributed by atoms with Crippen LogP contribution in [0.4, 0.5) is 4.39 Å². The van der Waals surface area contributed by atoms with Gasteiger partial charge in [-0.2, -0.15) is 0 Å². The molecular formula is C20H20FNO5. The third-order valence-electron chi connectivity index (χ3n) is 4.29. The summed E-state index contributed by atoms with van der Waals surface area (Å²) >= 11 is 0. The van der Waals surface area contributed by atoms with Gasteiger partial charge in [-0.15, -0.1) is 0 Å². The number of carbonyl (C=O) groups excluding carboxylic acids is 2. The molecule has 6 nitrogen and oxygen atoms in total. The number of hydrogen-bond donors (Lipinski definition) is 0. The molecule has 0 spiro atoms. The number of halogens is 1. The van der Waals surface area contributed by atoms with Gasteiger partial charge in [0.15, 0.2) is 11.5 Å². The van der Waals surface area contributed by atoms with E-state index in [1.807, 2.05) is 0 Å². The molecule has 142 valence electrons. The fourth-order valence-corrected chi connectivity index (χ4v) is 2.85. The van der Waals surface area contributed by atoms with E-state index >= 15 is 0 Å². The molecule has 1 aliphatic heterocycles. The summed E-state index contributed by atoms with van der Waals surface area (Å²) in [6.45, 7) is 2.20. The van der Waals surface area contributed by atoms with Gasteiger partial charge in [-0.1, -0.05) is 19.1 Å². The number of amides is 1. The molecule has 1 heterocycles. The highest BCUT2D eigenvalue weighted by Gasteiger charge is 2.24. The Labute approximate surface area is 156 Å². The Morgan fingerprint density at radius 2 is 1.85 bits per heavy atom. The summed E-state index contributed by atoms with van der Waals surface area (Å²) < 4.78 is 28.5. The van der Waals surface area contributed by atoms with Crippen LogP contribution in [0.5, 0.6) is 11.5 Å². The molecular weight excluding hydrogens is 353 g/mol. The van der Waals surface area contributed by atoms with Crippen LogP contribution in [-0.2, 0) is 16.1 Å². The normalized spacial score (nSPS) is 13.1. The molecule has 0 N–H and O–H groups in total. The molecule has 1 unspecified atom stereocenters. The van der Waals surface area contributed by atoms with Crippen LogP contribution in [0.3, 0.4) is 0 Å². The number of ether oxygens (including phenoxy) is 3. The summed E-state index contributed by atoms with van der Waals surface area (Å²) in [4.78, 5) is 26.4. The number of methoxy groups -OCH3 is 1. The van der Waals surface area contributed by atoms with Gasteiger partial charge in [0.1, 0.15) is 5.82 Å². The summed E-state index contributed by atoms with van der Waals surface area (Å²) in [5.41, 5.74) is 1.17. The molecule has 0 aromatic heterocycles. The third-order valence-corrected chi connectivity index (χ3v) is 4.29. The topological polar surface area (TPSA) is 65.1 Å². The maximum absolute atomic E-state index is 13.2. The van der Waals surface area contributed by atoms with Gasteiger partial charge >= 0.3 is 5.97 Å². The molecule has 27 heavy (non-hydrogen) atoms. The number of nitrogens with zero attached hydrogens (tertiary/aromatic N) is 1. The lowest BCUT2D eigenvalue weighted by atomic mass is 10.1. The van der Waals surface area contributed by atoms with E-state index < -0.39 is 11.9 Å². The highest BCUT2D eigenvalue weighted by Crippen LogP contribution is 2.33.